The van der Waals surface area contributed by atoms with Crippen LogP contribution in [0, 0.1) is 10.1 Å². The number of nitro groups is 1. The van der Waals surface area contributed by atoms with Crippen LogP contribution in [0.2, 0.25) is 0 Å². The van der Waals surface area contributed by atoms with Gasteiger partial charge >= 0.3 is 0 Å². The van der Waals surface area contributed by atoms with E-state index in [1.807, 2.05) is 11.3 Å². The molecule has 2 heterocycles. The minimum absolute atomic E-state index is 0.110. The molecular formula is C19H23N3O3S. The van der Waals surface area contributed by atoms with Gasteiger partial charge in [0.15, 0.2) is 0 Å². The van der Waals surface area contributed by atoms with Crippen LogP contribution in [0.15, 0.2) is 18.2 Å². The van der Waals surface area contributed by atoms with Crippen molar-refractivity contribution in [2.45, 2.75) is 51.0 Å². The first-order valence-corrected chi connectivity index (χ1v) is 10.1. The lowest BCUT2D eigenvalue weighted by molar-refractivity contribution is -0.384. The summed E-state index contributed by atoms with van der Waals surface area (Å²) in [7, 11) is 0. The molecule has 0 saturated carbocycles. The quantitative estimate of drug-likeness (QED) is 0.651. The molecule has 0 spiro atoms. The summed E-state index contributed by atoms with van der Waals surface area (Å²) >= 11 is 1.85. The number of rotatable bonds is 4. The summed E-state index contributed by atoms with van der Waals surface area (Å²) < 4.78 is 0. The van der Waals surface area contributed by atoms with E-state index < -0.39 is 0 Å². The van der Waals surface area contributed by atoms with Gasteiger partial charge in [-0.3, -0.25) is 10.1 Å². The van der Waals surface area contributed by atoms with Crippen LogP contribution in [0.25, 0.3) is 0 Å². The van der Waals surface area contributed by atoms with Crippen LogP contribution in [0.3, 0.4) is 0 Å². The molecule has 1 aromatic heterocycles. The molecule has 1 fully saturated rings. The molecule has 1 unspecified atom stereocenters. The highest BCUT2D eigenvalue weighted by atomic mass is 32.1. The van der Waals surface area contributed by atoms with Crippen molar-refractivity contribution in [3.8, 4) is 0 Å². The molecule has 4 rings (SSSR count). The van der Waals surface area contributed by atoms with E-state index in [1.165, 1.54) is 34.5 Å². The number of thiazole rings is 1. The minimum atomic E-state index is -0.331. The Balaban J connectivity index is 1.61. The number of aromatic nitrogens is 1. The second-order valence-electron chi connectivity index (χ2n) is 7.15. The summed E-state index contributed by atoms with van der Waals surface area (Å²) in [5.41, 5.74) is 2.72. The van der Waals surface area contributed by atoms with Crippen LogP contribution < -0.4 is 4.90 Å². The van der Waals surface area contributed by atoms with Crippen molar-refractivity contribution in [3.05, 3.63) is 49.5 Å². The number of anilines is 1. The van der Waals surface area contributed by atoms with E-state index in [2.05, 4.69) is 4.90 Å². The van der Waals surface area contributed by atoms with Gasteiger partial charge in [-0.2, -0.15) is 0 Å². The van der Waals surface area contributed by atoms with Gasteiger partial charge in [0.25, 0.3) is 5.69 Å². The van der Waals surface area contributed by atoms with Crippen molar-refractivity contribution in [1.29, 1.82) is 0 Å². The number of piperidine rings is 1. The molecule has 1 saturated heterocycles. The van der Waals surface area contributed by atoms with Gasteiger partial charge in [0.05, 0.1) is 22.2 Å². The molecule has 0 amide bonds. The van der Waals surface area contributed by atoms with Crippen molar-refractivity contribution in [3.63, 3.8) is 0 Å². The van der Waals surface area contributed by atoms with Gasteiger partial charge in [0.1, 0.15) is 5.69 Å². The predicted octanol–water partition coefficient (Wildman–Crippen LogP) is 3.81. The first kappa shape index (κ1) is 17.4. The Morgan fingerprint density at radius 2 is 2.15 bits per heavy atom. The number of hydrogen-bond acceptors (Lipinski definition) is 6. The molecule has 6 nitrogen and oxygen atoms in total. The smallest absolute Gasteiger partial charge is 0.292 e. The molecule has 0 radical (unpaired) electrons. The van der Waals surface area contributed by atoms with Gasteiger partial charge in [-0.15, -0.1) is 11.3 Å². The SMILES string of the molecule is O=[N+]([O-])c1ccc(CO)cc1N1CCCC(c2nc3c(s2)CCCC3)C1. The van der Waals surface area contributed by atoms with Crippen LogP contribution >= 0.6 is 11.3 Å². The Hall–Kier alpha value is -1.99. The van der Waals surface area contributed by atoms with E-state index in [0.29, 0.717) is 17.2 Å². The summed E-state index contributed by atoms with van der Waals surface area (Å²) in [5, 5.41) is 22.1. The zero-order valence-electron chi connectivity index (χ0n) is 14.7. The second kappa shape index (κ2) is 7.32. The molecule has 1 aliphatic carbocycles. The Kier molecular flexibility index (Phi) is 4.91. The standard InChI is InChI=1S/C19H23N3O3S/c23-12-13-7-8-16(22(24)25)17(10-13)21-9-3-4-14(11-21)19-20-15-5-1-2-6-18(15)26-19/h7-8,10,14,23H,1-6,9,11-12H2. The molecule has 138 valence electrons. The van der Waals surface area contributed by atoms with Gasteiger partial charge in [-0.05, 0) is 56.2 Å². The Bertz CT molecular complexity index is 797. The van der Waals surface area contributed by atoms with Gasteiger partial charge in [0.2, 0.25) is 0 Å². The van der Waals surface area contributed by atoms with Gasteiger partial charge in [-0.25, -0.2) is 4.98 Å². The Labute approximate surface area is 156 Å². The maximum atomic E-state index is 11.5. The van der Waals surface area contributed by atoms with Crippen molar-refractivity contribution in [1.82, 2.24) is 4.98 Å². The third kappa shape index (κ3) is 3.33. The minimum Gasteiger partial charge on any atom is -0.392 e. The fourth-order valence-corrected chi connectivity index (χ4v) is 5.30. The number of benzene rings is 1. The predicted molar refractivity (Wildman–Crippen MR) is 102 cm³/mol. The molecule has 2 aromatic rings. The molecule has 26 heavy (non-hydrogen) atoms. The summed E-state index contributed by atoms with van der Waals surface area (Å²) in [4.78, 5) is 19.6. The molecule has 7 heteroatoms. The van der Waals surface area contributed by atoms with E-state index in [0.717, 1.165) is 38.8 Å². The van der Waals surface area contributed by atoms with Gasteiger partial charge < -0.3 is 10.0 Å². The molecule has 0 bridgehead atoms. The highest BCUT2D eigenvalue weighted by molar-refractivity contribution is 7.11. The third-order valence-electron chi connectivity index (χ3n) is 5.39. The van der Waals surface area contributed by atoms with E-state index >= 15 is 0 Å². The highest BCUT2D eigenvalue weighted by Crippen LogP contribution is 2.38. The lowest BCUT2D eigenvalue weighted by Gasteiger charge is -2.33. The first-order valence-electron chi connectivity index (χ1n) is 9.27. The lowest BCUT2D eigenvalue weighted by Crippen LogP contribution is -2.34. The fraction of sp³-hybridized carbons (Fsp3) is 0.526. The van der Waals surface area contributed by atoms with Crippen molar-refractivity contribution >= 4 is 22.7 Å². The summed E-state index contributed by atoms with van der Waals surface area (Å²) in [6.45, 7) is 1.45. The Morgan fingerprint density at radius 1 is 1.31 bits per heavy atom. The van der Waals surface area contributed by atoms with Gasteiger partial charge in [0, 0.05) is 30.0 Å². The fourth-order valence-electron chi connectivity index (χ4n) is 4.02. The maximum absolute atomic E-state index is 11.5. The van der Waals surface area contributed by atoms with Crippen LogP contribution in [0.1, 0.15) is 52.7 Å². The first-order chi connectivity index (χ1) is 12.7. The number of fused-ring (bicyclic) bond motifs is 1. The second-order valence-corrected chi connectivity index (χ2v) is 8.27. The number of aliphatic hydroxyl groups is 1. The van der Waals surface area contributed by atoms with Crippen molar-refractivity contribution in [2.75, 3.05) is 18.0 Å². The molecule has 2 aliphatic rings. The van der Waals surface area contributed by atoms with E-state index in [4.69, 9.17) is 4.98 Å². The summed E-state index contributed by atoms with van der Waals surface area (Å²) in [6, 6.07) is 4.89. The van der Waals surface area contributed by atoms with Crippen LogP contribution in [0.4, 0.5) is 11.4 Å². The number of aryl methyl sites for hydroxylation is 2. The summed E-state index contributed by atoms with van der Waals surface area (Å²) in [5.74, 6) is 0.330. The zero-order valence-corrected chi connectivity index (χ0v) is 15.5. The molecule has 1 aliphatic heterocycles. The number of nitro benzene ring substituents is 1. The lowest BCUT2D eigenvalue weighted by atomic mass is 9.97. The maximum Gasteiger partial charge on any atom is 0.292 e. The number of nitrogens with zero attached hydrogens (tertiary/aromatic N) is 3. The molecule has 1 aromatic carbocycles. The normalized spacial score (nSPS) is 20.0. The highest BCUT2D eigenvalue weighted by Gasteiger charge is 2.29. The molecule has 1 N–H and O–H groups in total. The van der Waals surface area contributed by atoms with Crippen LogP contribution in [0.5, 0.6) is 0 Å². The van der Waals surface area contributed by atoms with Crippen LogP contribution in [-0.2, 0) is 19.4 Å². The largest absolute Gasteiger partial charge is 0.392 e. The van der Waals surface area contributed by atoms with E-state index in [9.17, 15) is 15.2 Å². The number of hydrogen-bond donors (Lipinski definition) is 1. The van der Waals surface area contributed by atoms with Gasteiger partial charge in [-0.1, -0.05) is 0 Å². The average Bonchev–Trinajstić information content (AvgIpc) is 3.12. The number of aliphatic hydroxyl groups excluding tert-OH is 1. The zero-order chi connectivity index (χ0) is 18.1. The third-order valence-corrected chi connectivity index (χ3v) is 6.71. The molecular weight excluding hydrogens is 350 g/mol. The van der Waals surface area contributed by atoms with Crippen LogP contribution in [-0.4, -0.2) is 28.1 Å². The van der Waals surface area contributed by atoms with E-state index in [-0.39, 0.29) is 17.2 Å². The topological polar surface area (TPSA) is 79.5 Å². The van der Waals surface area contributed by atoms with Crippen molar-refractivity contribution < 1.29 is 10.0 Å². The Morgan fingerprint density at radius 3 is 2.92 bits per heavy atom. The average molecular weight is 373 g/mol. The monoisotopic (exact) mass is 373 g/mol. The summed E-state index contributed by atoms with van der Waals surface area (Å²) in [6.07, 6.45) is 6.80. The molecule has 1 atom stereocenters. The van der Waals surface area contributed by atoms with Crippen molar-refractivity contribution in [2.24, 2.45) is 0 Å². The van der Waals surface area contributed by atoms with E-state index in [1.54, 1.807) is 12.1 Å².